The van der Waals surface area contributed by atoms with Gasteiger partial charge in [-0.3, -0.25) is 4.79 Å². The van der Waals surface area contributed by atoms with Gasteiger partial charge in [0, 0.05) is 30.0 Å². The van der Waals surface area contributed by atoms with Gasteiger partial charge in [0.05, 0.1) is 0 Å². The Morgan fingerprint density at radius 3 is 2.95 bits per heavy atom. The van der Waals surface area contributed by atoms with Gasteiger partial charge >= 0.3 is 0 Å². The van der Waals surface area contributed by atoms with Crippen molar-refractivity contribution >= 4 is 21.8 Å². The maximum atomic E-state index is 12.4. The number of nitrogens with two attached hydrogens (primary N) is 1. The number of benzene rings is 1. The minimum atomic E-state index is 0.224. The first-order valence-electron chi connectivity index (χ1n) is 6.87. The van der Waals surface area contributed by atoms with Gasteiger partial charge in [-0.05, 0) is 30.4 Å². The van der Waals surface area contributed by atoms with E-state index in [0.29, 0.717) is 13.0 Å². The fourth-order valence-corrected chi connectivity index (χ4v) is 3.45. The lowest BCUT2D eigenvalue weighted by molar-refractivity contribution is -0.132. The molecule has 1 amide bonds. The van der Waals surface area contributed by atoms with Crippen LogP contribution in [0.2, 0.25) is 0 Å². The van der Waals surface area contributed by atoms with E-state index in [9.17, 15) is 4.79 Å². The Morgan fingerprint density at radius 1 is 1.53 bits per heavy atom. The van der Waals surface area contributed by atoms with E-state index in [-0.39, 0.29) is 17.9 Å². The molecule has 0 unspecified atom stereocenters. The van der Waals surface area contributed by atoms with Crippen molar-refractivity contribution in [1.29, 1.82) is 0 Å². The lowest BCUT2D eigenvalue weighted by Crippen LogP contribution is -2.40. The third-order valence-electron chi connectivity index (χ3n) is 3.89. The molecule has 0 bridgehead atoms. The minimum Gasteiger partial charge on any atom is -0.338 e. The van der Waals surface area contributed by atoms with E-state index in [1.807, 2.05) is 23.1 Å². The highest BCUT2D eigenvalue weighted by Crippen LogP contribution is 2.28. The average molecular weight is 325 g/mol. The summed E-state index contributed by atoms with van der Waals surface area (Å²) in [6, 6.07) is 8.35. The predicted octanol–water partition coefficient (Wildman–Crippen LogP) is 2.89. The molecule has 1 heterocycles. The fourth-order valence-electron chi connectivity index (χ4n) is 2.77. The van der Waals surface area contributed by atoms with Gasteiger partial charge in [0.1, 0.15) is 0 Å². The van der Waals surface area contributed by atoms with Crippen molar-refractivity contribution in [3.05, 3.63) is 34.3 Å². The Morgan fingerprint density at radius 2 is 2.26 bits per heavy atom. The third-order valence-corrected chi connectivity index (χ3v) is 4.61. The Hall–Kier alpha value is -0.870. The van der Waals surface area contributed by atoms with Gasteiger partial charge in [-0.15, -0.1) is 0 Å². The summed E-state index contributed by atoms with van der Waals surface area (Å²) in [6.45, 7) is 3.55. The molecule has 1 aromatic carbocycles. The average Bonchev–Trinajstić information content (AvgIpc) is 2.87. The molecule has 0 aromatic heterocycles. The number of rotatable bonds is 4. The summed E-state index contributed by atoms with van der Waals surface area (Å²) in [6.07, 6.45) is 2.68. The van der Waals surface area contributed by atoms with Gasteiger partial charge in [-0.2, -0.15) is 0 Å². The van der Waals surface area contributed by atoms with Crippen LogP contribution in [0.1, 0.15) is 37.7 Å². The van der Waals surface area contributed by atoms with Crippen molar-refractivity contribution in [2.45, 2.75) is 38.1 Å². The zero-order chi connectivity index (χ0) is 13.8. The van der Waals surface area contributed by atoms with Gasteiger partial charge in [0.2, 0.25) is 5.91 Å². The monoisotopic (exact) mass is 324 g/mol. The van der Waals surface area contributed by atoms with E-state index in [1.54, 1.807) is 0 Å². The zero-order valence-corrected chi connectivity index (χ0v) is 12.9. The van der Waals surface area contributed by atoms with Gasteiger partial charge in [0.15, 0.2) is 0 Å². The van der Waals surface area contributed by atoms with Crippen LogP contribution in [-0.4, -0.2) is 29.9 Å². The van der Waals surface area contributed by atoms with Crippen molar-refractivity contribution in [1.82, 2.24) is 4.90 Å². The van der Waals surface area contributed by atoms with E-state index < -0.39 is 0 Å². The Balaban J connectivity index is 2.01. The van der Waals surface area contributed by atoms with E-state index >= 15 is 0 Å². The van der Waals surface area contributed by atoms with Gasteiger partial charge < -0.3 is 10.6 Å². The topological polar surface area (TPSA) is 46.3 Å². The predicted molar refractivity (Wildman–Crippen MR) is 81.0 cm³/mol. The first kappa shape index (κ1) is 14.5. The Bertz CT molecular complexity index is 450. The molecular formula is C15H21BrN2O. The maximum absolute atomic E-state index is 12.4. The summed E-state index contributed by atoms with van der Waals surface area (Å²) < 4.78 is 1.08. The second-order valence-electron chi connectivity index (χ2n) is 5.25. The molecule has 1 aromatic rings. The van der Waals surface area contributed by atoms with Gasteiger partial charge in [-0.1, -0.05) is 41.1 Å². The molecule has 2 N–H and O–H groups in total. The van der Waals surface area contributed by atoms with Gasteiger partial charge in [0.25, 0.3) is 0 Å². The van der Waals surface area contributed by atoms with Crippen LogP contribution in [0, 0.1) is 0 Å². The first-order chi connectivity index (χ1) is 9.13. The Labute approximate surface area is 123 Å². The van der Waals surface area contributed by atoms with Crippen LogP contribution >= 0.6 is 15.9 Å². The molecule has 19 heavy (non-hydrogen) atoms. The molecule has 104 valence electrons. The minimum absolute atomic E-state index is 0.224. The lowest BCUT2D eigenvalue weighted by atomic mass is 9.97. The number of halogens is 1. The highest BCUT2D eigenvalue weighted by molar-refractivity contribution is 9.10. The standard InChI is InChI=1S/C15H21BrN2O/c1-11(13-6-2-3-7-14(13)16)9-15(19)18-8-4-5-12(18)10-17/h2-3,6-7,11-12H,4-5,8-10,17H2,1H3/t11-,12+/m0/s1. The molecule has 0 saturated carbocycles. The van der Waals surface area contributed by atoms with Crippen molar-refractivity contribution in [3.63, 3.8) is 0 Å². The molecule has 0 radical (unpaired) electrons. The fraction of sp³-hybridized carbons (Fsp3) is 0.533. The molecule has 3 nitrogen and oxygen atoms in total. The zero-order valence-electron chi connectivity index (χ0n) is 11.3. The van der Waals surface area contributed by atoms with E-state index in [4.69, 9.17) is 5.73 Å². The maximum Gasteiger partial charge on any atom is 0.223 e. The van der Waals surface area contributed by atoms with Crippen LogP contribution < -0.4 is 5.73 Å². The van der Waals surface area contributed by atoms with Crippen LogP contribution in [0.3, 0.4) is 0 Å². The first-order valence-corrected chi connectivity index (χ1v) is 7.66. The molecule has 1 saturated heterocycles. The summed E-state index contributed by atoms with van der Waals surface area (Å²) in [5.74, 6) is 0.457. The van der Waals surface area contributed by atoms with Crippen molar-refractivity contribution in [2.75, 3.05) is 13.1 Å². The highest BCUT2D eigenvalue weighted by Gasteiger charge is 2.28. The normalized spacial score (nSPS) is 20.6. The molecule has 2 atom stereocenters. The summed E-state index contributed by atoms with van der Waals surface area (Å²) >= 11 is 3.55. The van der Waals surface area contributed by atoms with Crippen molar-refractivity contribution in [3.8, 4) is 0 Å². The second kappa shape index (κ2) is 6.53. The van der Waals surface area contributed by atoms with Crippen LogP contribution in [0.5, 0.6) is 0 Å². The number of carbonyl (C=O) groups is 1. The van der Waals surface area contributed by atoms with E-state index in [1.165, 1.54) is 5.56 Å². The SMILES string of the molecule is C[C@@H](CC(=O)N1CCC[C@@H]1CN)c1ccccc1Br. The number of carbonyl (C=O) groups excluding carboxylic acids is 1. The van der Waals surface area contributed by atoms with Crippen LogP contribution in [0.15, 0.2) is 28.7 Å². The summed E-state index contributed by atoms with van der Waals surface area (Å²) in [4.78, 5) is 14.3. The lowest BCUT2D eigenvalue weighted by Gasteiger charge is -2.25. The molecule has 1 aliphatic heterocycles. The number of hydrogen-bond donors (Lipinski definition) is 1. The van der Waals surface area contributed by atoms with Crippen LogP contribution in [0.25, 0.3) is 0 Å². The van der Waals surface area contributed by atoms with Gasteiger partial charge in [-0.25, -0.2) is 0 Å². The molecule has 0 aliphatic carbocycles. The largest absolute Gasteiger partial charge is 0.338 e. The molecular weight excluding hydrogens is 304 g/mol. The van der Waals surface area contributed by atoms with E-state index in [0.717, 1.165) is 23.9 Å². The molecule has 2 rings (SSSR count). The molecule has 1 aliphatic rings. The second-order valence-corrected chi connectivity index (χ2v) is 6.10. The third kappa shape index (κ3) is 3.37. The smallest absolute Gasteiger partial charge is 0.223 e. The molecule has 4 heteroatoms. The number of amides is 1. The van der Waals surface area contributed by atoms with Crippen LogP contribution in [-0.2, 0) is 4.79 Å². The molecule has 0 spiro atoms. The number of nitrogens with zero attached hydrogens (tertiary/aromatic N) is 1. The number of likely N-dealkylation sites (tertiary alicyclic amines) is 1. The van der Waals surface area contributed by atoms with E-state index in [2.05, 4.69) is 28.9 Å². The highest BCUT2D eigenvalue weighted by atomic mass is 79.9. The van der Waals surface area contributed by atoms with Crippen molar-refractivity contribution < 1.29 is 4.79 Å². The Kier molecular flexibility index (Phi) is 4.99. The van der Waals surface area contributed by atoms with Crippen molar-refractivity contribution in [2.24, 2.45) is 5.73 Å². The van der Waals surface area contributed by atoms with Crippen LogP contribution in [0.4, 0.5) is 0 Å². The molecule has 1 fully saturated rings. The quantitative estimate of drug-likeness (QED) is 0.925. The summed E-state index contributed by atoms with van der Waals surface area (Å²) in [5, 5.41) is 0. The number of hydrogen-bond acceptors (Lipinski definition) is 2. The summed E-state index contributed by atoms with van der Waals surface area (Å²) in [5.41, 5.74) is 6.92. The summed E-state index contributed by atoms with van der Waals surface area (Å²) in [7, 11) is 0.